The predicted octanol–water partition coefficient (Wildman–Crippen LogP) is 2.23. The van der Waals surface area contributed by atoms with Gasteiger partial charge in [0.15, 0.2) is 0 Å². The Morgan fingerprint density at radius 3 is 2.67 bits per heavy atom. The first-order chi connectivity index (χ1) is 5.79. The largest absolute Gasteiger partial charge is 0.301 e. The summed E-state index contributed by atoms with van der Waals surface area (Å²) in [5.74, 6) is 0. The Morgan fingerprint density at radius 2 is 2.17 bits per heavy atom. The molecular weight excluding hydrogens is 216 g/mol. The Bertz CT molecular complexity index is 304. The van der Waals surface area contributed by atoms with Gasteiger partial charge in [0.25, 0.3) is 0 Å². The van der Waals surface area contributed by atoms with Gasteiger partial charge in [-0.05, 0) is 18.7 Å². The zero-order valence-corrected chi connectivity index (χ0v) is 8.30. The molecule has 0 saturated heterocycles. The van der Waals surface area contributed by atoms with Gasteiger partial charge < -0.3 is 5.32 Å². The van der Waals surface area contributed by atoms with E-state index in [4.69, 9.17) is 5.26 Å². The number of rotatable bonds is 2. The van der Waals surface area contributed by atoms with Crippen molar-refractivity contribution >= 4 is 15.9 Å². The minimum Gasteiger partial charge on any atom is -0.301 e. The van der Waals surface area contributed by atoms with E-state index in [1.54, 1.807) is 7.05 Å². The first-order valence-corrected chi connectivity index (χ1v) is 4.40. The van der Waals surface area contributed by atoms with Crippen LogP contribution in [0, 0.1) is 11.3 Å². The number of nitrogens with zero attached hydrogens (tertiary/aromatic N) is 1. The van der Waals surface area contributed by atoms with Gasteiger partial charge in [0.2, 0.25) is 0 Å². The third-order valence-corrected chi connectivity index (χ3v) is 2.36. The molecule has 3 heteroatoms. The summed E-state index contributed by atoms with van der Waals surface area (Å²) in [7, 11) is 1.77. The van der Waals surface area contributed by atoms with Gasteiger partial charge in [-0.25, -0.2) is 0 Å². The fourth-order valence-corrected chi connectivity index (χ4v) is 1.51. The van der Waals surface area contributed by atoms with Crippen LogP contribution in [0.3, 0.4) is 0 Å². The molecule has 1 unspecified atom stereocenters. The van der Waals surface area contributed by atoms with Gasteiger partial charge in [-0.1, -0.05) is 34.1 Å². The second-order valence-corrected chi connectivity index (χ2v) is 3.23. The molecule has 62 valence electrons. The summed E-state index contributed by atoms with van der Waals surface area (Å²) in [4.78, 5) is 0. The third-order valence-electron chi connectivity index (χ3n) is 1.63. The van der Waals surface area contributed by atoms with Crippen LogP contribution in [0.15, 0.2) is 28.7 Å². The van der Waals surface area contributed by atoms with E-state index >= 15 is 0 Å². The number of nitrogens with one attached hydrogen (secondary N) is 1. The summed E-state index contributed by atoms with van der Waals surface area (Å²) in [5.41, 5.74) is 0.975. The van der Waals surface area contributed by atoms with Crippen molar-refractivity contribution in [3.8, 4) is 6.07 Å². The molecule has 0 radical (unpaired) electrons. The van der Waals surface area contributed by atoms with Crippen molar-refractivity contribution < 1.29 is 0 Å². The average Bonchev–Trinajstić information content (AvgIpc) is 2.10. The monoisotopic (exact) mass is 224 g/mol. The second kappa shape index (κ2) is 4.24. The number of nitriles is 1. The molecule has 1 aromatic carbocycles. The fraction of sp³-hybridized carbons (Fsp3) is 0.222. The van der Waals surface area contributed by atoms with Gasteiger partial charge in [0.05, 0.1) is 6.07 Å². The molecule has 0 amide bonds. The molecule has 0 aliphatic carbocycles. The highest BCUT2D eigenvalue weighted by atomic mass is 79.9. The molecule has 1 rings (SSSR count). The van der Waals surface area contributed by atoms with Crippen molar-refractivity contribution in [1.82, 2.24) is 5.32 Å². The maximum Gasteiger partial charge on any atom is 0.122 e. The van der Waals surface area contributed by atoms with Crippen LogP contribution >= 0.6 is 15.9 Å². The summed E-state index contributed by atoms with van der Waals surface area (Å²) in [6.07, 6.45) is 0. The maximum absolute atomic E-state index is 8.77. The van der Waals surface area contributed by atoms with E-state index in [1.165, 1.54) is 0 Å². The van der Waals surface area contributed by atoms with Gasteiger partial charge in [-0.2, -0.15) is 5.26 Å². The average molecular weight is 225 g/mol. The van der Waals surface area contributed by atoms with E-state index < -0.39 is 0 Å². The number of hydrogen-bond donors (Lipinski definition) is 1. The Hall–Kier alpha value is -0.850. The standard InChI is InChI=1S/C9H9BrN2/c1-12-9(6-11)7-4-2-3-5-8(7)10/h2-5,9,12H,1H3. The molecule has 1 atom stereocenters. The van der Waals surface area contributed by atoms with Gasteiger partial charge >= 0.3 is 0 Å². The Labute approximate surface area is 80.3 Å². The molecule has 2 nitrogen and oxygen atoms in total. The smallest absolute Gasteiger partial charge is 0.122 e. The molecule has 0 aromatic heterocycles. The van der Waals surface area contributed by atoms with Crippen LogP contribution in [0.25, 0.3) is 0 Å². The molecule has 0 saturated carbocycles. The molecule has 0 heterocycles. The van der Waals surface area contributed by atoms with Crippen LogP contribution in [0.4, 0.5) is 0 Å². The summed E-state index contributed by atoms with van der Waals surface area (Å²) < 4.78 is 0.964. The van der Waals surface area contributed by atoms with Gasteiger partial charge in [0.1, 0.15) is 6.04 Å². The molecule has 1 aromatic rings. The topological polar surface area (TPSA) is 35.8 Å². The minimum absolute atomic E-state index is 0.236. The van der Waals surface area contributed by atoms with Crippen molar-refractivity contribution in [2.75, 3.05) is 7.05 Å². The van der Waals surface area contributed by atoms with Crippen molar-refractivity contribution in [3.05, 3.63) is 34.3 Å². The summed E-state index contributed by atoms with van der Waals surface area (Å²) in [5, 5.41) is 11.7. The van der Waals surface area contributed by atoms with Crippen LogP contribution in [0.1, 0.15) is 11.6 Å². The highest BCUT2D eigenvalue weighted by Gasteiger charge is 2.09. The Morgan fingerprint density at radius 1 is 1.50 bits per heavy atom. The van der Waals surface area contributed by atoms with E-state index in [-0.39, 0.29) is 6.04 Å². The molecular formula is C9H9BrN2. The second-order valence-electron chi connectivity index (χ2n) is 2.37. The summed E-state index contributed by atoms with van der Waals surface area (Å²) in [6.45, 7) is 0. The molecule has 0 aliphatic heterocycles. The van der Waals surface area contributed by atoms with Crippen LogP contribution in [-0.2, 0) is 0 Å². The van der Waals surface area contributed by atoms with Crippen molar-refractivity contribution in [2.45, 2.75) is 6.04 Å². The highest BCUT2D eigenvalue weighted by Crippen LogP contribution is 2.21. The lowest BCUT2D eigenvalue weighted by Gasteiger charge is -2.08. The highest BCUT2D eigenvalue weighted by molar-refractivity contribution is 9.10. The lowest BCUT2D eigenvalue weighted by Crippen LogP contribution is -2.14. The quantitative estimate of drug-likeness (QED) is 0.837. The van der Waals surface area contributed by atoms with E-state index in [1.807, 2.05) is 24.3 Å². The van der Waals surface area contributed by atoms with Crippen LogP contribution in [-0.4, -0.2) is 7.05 Å². The third kappa shape index (κ3) is 1.84. The van der Waals surface area contributed by atoms with Crippen LogP contribution < -0.4 is 5.32 Å². The lowest BCUT2D eigenvalue weighted by atomic mass is 10.1. The maximum atomic E-state index is 8.77. The van der Waals surface area contributed by atoms with Gasteiger partial charge in [0, 0.05) is 4.47 Å². The van der Waals surface area contributed by atoms with Gasteiger partial charge in [-0.3, -0.25) is 0 Å². The lowest BCUT2D eigenvalue weighted by molar-refractivity contribution is 0.724. The summed E-state index contributed by atoms with van der Waals surface area (Å²) in [6, 6.07) is 9.63. The molecule has 12 heavy (non-hydrogen) atoms. The van der Waals surface area contributed by atoms with E-state index in [9.17, 15) is 0 Å². The minimum atomic E-state index is -0.236. The summed E-state index contributed by atoms with van der Waals surface area (Å²) >= 11 is 3.39. The van der Waals surface area contributed by atoms with Crippen LogP contribution in [0.2, 0.25) is 0 Å². The van der Waals surface area contributed by atoms with E-state index in [0.29, 0.717) is 0 Å². The van der Waals surface area contributed by atoms with Crippen LogP contribution in [0.5, 0.6) is 0 Å². The number of hydrogen-bond acceptors (Lipinski definition) is 2. The fourth-order valence-electron chi connectivity index (χ4n) is 0.999. The number of halogens is 1. The molecule has 0 bridgehead atoms. The van der Waals surface area contributed by atoms with E-state index in [0.717, 1.165) is 10.0 Å². The zero-order valence-electron chi connectivity index (χ0n) is 6.71. The van der Waals surface area contributed by atoms with Crippen molar-refractivity contribution in [2.24, 2.45) is 0 Å². The predicted molar refractivity (Wildman–Crippen MR) is 51.6 cm³/mol. The SMILES string of the molecule is CNC(C#N)c1ccccc1Br. The molecule has 1 N–H and O–H groups in total. The molecule has 0 spiro atoms. The first-order valence-electron chi connectivity index (χ1n) is 3.61. The number of benzene rings is 1. The van der Waals surface area contributed by atoms with Crippen molar-refractivity contribution in [3.63, 3.8) is 0 Å². The van der Waals surface area contributed by atoms with Gasteiger partial charge in [-0.15, -0.1) is 0 Å². The van der Waals surface area contributed by atoms with Crippen molar-refractivity contribution in [1.29, 1.82) is 5.26 Å². The zero-order chi connectivity index (χ0) is 8.97. The Kier molecular flexibility index (Phi) is 3.27. The molecule has 0 aliphatic rings. The normalized spacial score (nSPS) is 12.1. The molecule has 0 fully saturated rings. The van der Waals surface area contributed by atoms with E-state index in [2.05, 4.69) is 27.3 Å². The Balaban J connectivity index is 3.02. The first kappa shape index (κ1) is 9.24.